The molecule has 0 radical (unpaired) electrons. The third kappa shape index (κ3) is 1.30. The molecule has 0 fully saturated rings. The zero-order valence-corrected chi connectivity index (χ0v) is 8.62. The van der Waals surface area contributed by atoms with Crippen molar-refractivity contribution >= 4 is 5.78 Å². The van der Waals surface area contributed by atoms with Gasteiger partial charge in [0.15, 0.2) is 5.78 Å². The molecule has 0 aliphatic heterocycles. The van der Waals surface area contributed by atoms with E-state index in [1.165, 1.54) is 25.6 Å². The van der Waals surface area contributed by atoms with Crippen molar-refractivity contribution < 1.29 is 4.79 Å². The molecule has 0 spiro atoms. The van der Waals surface area contributed by atoms with Gasteiger partial charge in [-0.25, -0.2) is 4.79 Å². The van der Waals surface area contributed by atoms with Gasteiger partial charge in [0.2, 0.25) is 0 Å². The Morgan fingerprint density at radius 1 is 1.14 bits per heavy atom. The number of carbonyl (C=O) groups is 1. The minimum Gasteiger partial charge on any atom is -0.300 e. The molecule has 1 rings (SSSR count). The highest BCUT2D eigenvalue weighted by Crippen LogP contribution is 1.98. The van der Waals surface area contributed by atoms with E-state index in [2.05, 4.69) is 0 Å². The third-order valence-corrected chi connectivity index (χ3v) is 2.31. The summed E-state index contributed by atoms with van der Waals surface area (Å²) in [6, 6.07) is 0. The van der Waals surface area contributed by atoms with E-state index in [0.29, 0.717) is 5.69 Å². The van der Waals surface area contributed by atoms with Gasteiger partial charge in [0.25, 0.3) is 5.56 Å². The van der Waals surface area contributed by atoms with Gasteiger partial charge in [0.1, 0.15) is 5.56 Å². The van der Waals surface area contributed by atoms with Crippen LogP contribution in [0.3, 0.4) is 0 Å². The largest absolute Gasteiger partial charge is 0.330 e. The number of ketones is 1. The van der Waals surface area contributed by atoms with E-state index in [0.717, 1.165) is 4.57 Å². The molecule has 0 aliphatic carbocycles. The highest BCUT2D eigenvalue weighted by atomic mass is 16.2. The van der Waals surface area contributed by atoms with Crippen LogP contribution in [-0.4, -0.2) is 14.9 Å². The van der Waals surface area contributed by atoms with Crippen LogP contribution in [0.4, 0.5) is 0 Å². The zero-order valence-electron chi connectivity index (χ0n) is 8.62. The fourth-order valence-corrected chi connectivity index (χ4v) is 1.35. The Kier molecular flexibility index (Phi) is 2.42. The van der Waals surface area contributed by atoms with Crippen LogP contribution in [0.1, 0.15) is 23.0 Å². The van der Waals surface area contributed by atoms with Crippen LogP contribution in [0.2, 0.25) is 0 Å². The van der Waals surface area contributed by atoms with E-state index < -0.39 is 11.2 Å². The lowest BCUT2D eigenvalue weighted by molar-refractivity contribution is 0.101. The fourth-order valence-electron chi connectivity index (χ4n) is 1.35. The lowest BCUT2D eigenvalue weighted by atomic mass is 10.1. The first-order chi connectivity index (χ1) is 6.37. The summed E-state index contributed by atoms with van der Waals surface area (Å²) in [5.41, 5.74) is -0.462. The number of hydrogen-bond acceptors (Lipinski definition) is 3. The summed E-state index contributed by atoms with van der Waals surface area (Å²) in [6.45, 7) is 2.90. The van der Waals surface area contributed by atoms with Crippen molar-refractivity contribution in [2.45, 2.75) is 13.8 Å². The lowest BCUT2D eigenvalue weighted by Crippen LogP contribution is -2.41. The first-order valence-electron chi connectivity index (χ1n) is 4.15. The number of hydrogen-bond donors (Lipinski definition) is 0. The molecule has 0 aliphatic rings. The Bertz CT molecular complexity index is 508. The number of aromatic nitrogens is 2. The average Bonchev–Trinajstić information content (AvgIpc) is 2.11. The Hall–Kier alpha value is -1.65. The van der Waals surface area contributed by atoms with E-state index in [4.69, 9.17) is 0 Å². The molecule has 0 N–H and O–H groups in total. The molecule has 0 atom stereocenters. The van der Waals surface area contributed by atoms with Gasteiger partial charge in [-0.15, -0.1) is 0 Å². The number of carbonyl (C=O) groups excluding carboxylic acids is 1. The van der Waals surface area contributed by atoms with Crippen LogP contribution in [-0.2, 0) is 14.1 Å². The second-order valence-electron chi connectivity index (χ2n) is 3.22. The topological polar surface area (TPSA) is 61.1 Å². The molecule has 0 unspecified atom stereocenters. The van der Waals surface area contributed by atoms with E-state index in [9.17, 15) is 14.4 Å². The van der Waals surface area contributed by atoms with Crippen LogP contribution in [0.5, 0.6) is 0 Å². The van der Waals surface area contributed by atoms with Crippen molar-refractivity contribution in [3.05, 3.63) is 32.1 Å². The van der Waals surface area contributed by atoms with Gasteiger partial charge in [-0.05, 0) is 13.8 Å². The van der Waals surface area contributed by atoms with Gasteiger partial charge >= 0.3 is 5.69 Å². The quantitative estimate of drug-likeness (QED) is 0.574. The standard InChI is InChI=1S/C9H12N2O3/c1-5-7(6(2)12)8(13)11(4)9(14)10(5)3/h1-4H3. The highest BCUT2D eigenvalue weighted by Gasteiger charge is 2.15. The smallest absolute Gasteiger partial charge is 0.300 e. The number of rotatable bonds is 1. The van der Waals surface area contributed by atoms with Crippen LogP contribution in [0, 0.1) is 6.92 Å². The lowest BCUT2D eigenvalue weighted by Gasteiger charge is -2.09. The van der Waals surface area contributed by atoms with Crippen LogP contribution in [0.25, 0.3) is 0 Å². The number of nitrogens with zero attached hydrogens (tertiary/aromatic N) is 2. The van der Waals surface area contributed by atoms with E-state index in [1.54, 1.807) is 6.92 Å². The number of Topliss-reactive ketones (excluding diaryl/α,β-unsaturated/α-hetero) is 1. The van der Waals surface area contributed by atoms with Gasteiger partial charge in [-0.1, -0.05) is 0 Å². The minimum absolute atomic E-state index is 0.0783. The molecule has 0 aromatic carbocycles. The van der Waals surface area contributed by atoms with Gasteiger partial charge in [-0.2, -0.15) is 0 Å². The van der Waals surface area contributed by atoms with Gasteiger partial charge in [-0.3, -0.25) is 14.2 Å². The molecule has 5 nitrogen and oxygen atoms in total. The van der Waals surface area contributed by atoms with Crippen molar-refractivity contribution in [3.8, 4) is 0 Å². The maximum absolute atomic E-state index is 11.5. The summed E-state index contributed by atoms with van der Waals surface area (Å²) in [4.78, 5) is 34.1. The van der Waals surface area contributed by atoms with E-state index in [1.807, 2.05) is 0 Å². The molecule has 76 valence electrons. The summed E-state index contributed by atoms with van der Waals surface area (Å²) >= 11 is 0. The molecule has 1 aromatic rings. The second kappa shape index (κ2) is 3.25. The van der Waals surface area contributed by atoms with Crippen molar-refractivity contribution in [2.75, 3.05) is 0 Å². The molecular formula is C9H12N2O3. The molecule has 0 saturated carbocycles. The van der Waals surface area contributed by atoms with Crippen LogP contribution >= 0.6 is 0 Å². The Morgan fingerprint density at radius 3 is 2.07 bits per heavy atom. The summed E-state index contributed by atoms with van der Waals surface area (Å²) in [7, 11) is 2.89. The minimum atomic E-state index is -0.530. The molecule has 0 amide bonds. The maximum atomic E-state index is 11.5. The first kappa shape index (κ1) is 10.4. The third-order valence-electron chi connectivity index (χ3n) is 2.31. The predicted octanol–water partition coefficient (Wildman–Crippen LogP) is -0.405. The van der Waals surface area contributed by atoms with Crippen molar-refractivity contribution in [1.29, 1.82) is 0 Å². The van der Waals surface area contributed by atoms with Crippen LogP contribution < -0.4 is 11.2 Å². The SMILES string of the molecule is CC(=O)c1c(C)n(C)c(=O)n(C)c1=O. The second-order valence-corrected chi connectivity index (χ2v) is 3.22. The summed E-state index contributed by atoms with van der Waals surface area (Å²) in [6.07, 6.45) is 0. The molecule has 1 heterocycles. The van der Waals surface area contributed by atoms with E-state index >= 15 is 0 Å². The Balaban J connectivity index is 3.88. The molecule has 14 heavy (non-hydrogen) atoms. The van der Waals surface area contributed by atoms with Crippen LogP contribution in [0.15, 0.2) is 9.59 Å². The van der Waals surface area contributed by atoms with Gasteiger partial charge in [0, 0.05) is 19.8 Å². The summed E-state index contributed by atoms with van der Waals surface area (Å²) in [5, 5.41) is 0. The van der Waals surface area contributed by atoms with Gasteiger partial charge < -0.3 is 4.57 Å². The van der Waals surface area contributed by atoms with E-state index in [-0.39, 0.29) is 11.3 Å². The Labute approximate surface area is 80.6 Å². The molecule has 5 heteroatoms. The molecule has 1 aromatic heterocycles. The summed E-state index contributed by atoms with van der Waals surface area (Å²) < 4.78 is 2.22. The highest BCUT2D eigenvalue weighted by molar-refractivity contribution is 5.94. The monoisotopic (exact) mass is 196 g/mol. The Morgan fingerprint density at radius 2 is 1.64 bits per heavy atom. The average molecular weight is 196 g/mol. The van der Waals surface area contributed by atoms with Crippen molar-refractivity contribution in [3.63, 3.8) is 0 Å². The normalized spacial score (nSPS) is 10.3. The summed E-state index contributed by atoms with van der Waals surface area (Å²) in [5.74, 6) is -0.321. The molecule has 0 bridgehead atoms. The van der Waals surface area contributed by atoms with Gasteiger partial charge in [0.05, 0.1) is 0 Å². The first-order valence-corrected chi connectivity index (χ1v) is 4.15. The molecule has 0 saturated heterocycles. The maximum Gasteiger partial charge on any atom is 0.330 e. The van der Waals surface area contributed by atoms with Crippen molar-refractivity contribution in [2.24, 2.45) is 14.1 Å². The predicted molar refractivity (Wildman–Crippen MR) is 51.7 cm³/mol. The zero-order chi connectivity index (χ0) is 11.0. The fraction of sp³-hybridized carbons (Fsp3) is 0.444. The molecular weight excluding hydrogens is 184 g/mol. The van der Waals surface area contributed by atoms with Crippen molar-refractivity contribution in [1.82, 2.24) is 9.13 Å².